The van der Waals surface area contributed by atoms with Crippen molar-refractivity contribution in [2.24, 2.45) is 0 Å². The molecule has 24 heavy (non-hydrogen) atoms. The first-order valence-electron chi connectivity index (χ1n) is 7.96. The highest BCUT2D eigenvalue weighted by Crippen LogP contribution is 2.30. The van der Waals surface area contributed by atoms with E-state index in [-0.39, 0.29) is 0 Å². The summed E-state index contributed by atoms with van der Waals surface area (Å²) in [6, 6.07) is 24.3. The van der Waals surface area contributed by atoms with Crippen LogP contribution in [0.25, 0.3) is 11.1 Å². The van der Waals surface area contributed by atoms with Crippen molar-refractivity contribution in [1.82, 2.24) is 0 Å². The molecule has 0 unspecified atom stereocenters. The summed E-state index contributed by atoms with van der Waals surface area (Å²) in [6.45, 7) is 4.64. The molecule has 0 bridgehead atoms. The molecule has 0 amide bonds. The number of nitriles is 1. The van der Waals surface area contributed by atoms with E-state index in [9.17, 15) is 5.26 Å². The fraction of sp³-hybridized carbons (Fsp3) is 0.136. The van der Waals surface area contributed by atoms with Gasteiger partial charge in [-0.05, 0) is 48.2 Å². The van der Waals surface area contributed by atoms with Gasteiger partial charge in [0.2, 0.25) is 0 Å². The molecule has 0 saturated heterocycles. The Morgan fingerprint density at radius 1 is 0.917 bits per heavy atom. The van der Waals surface area contributed by atoms with Gasteiger partial charge in [0, 0.05) is 0 Å². The van der Waals surface area contributed by atoms with E-state index in [4.69, 9.17) is 4.74 Å². The second kappa shape index (κ2) is 7.02. The van der Waals surface area contributed by atoms with Crippen molar-refractivity contribution in [3.63, 3.8) is 0 Å². The van der Waals surface area contributed by atoms with E-state index in [1.165, 1.54) is 11.1 Å². The molecule has 0 spiro atoms. The third-order valence-corrected chi connectivity index (χ3v) is 4.03. The Labute approximate surface area is 143 Å². The van der Waals surface area contributed by atoms with Crippen molar-refractivity contribution >= 4 is 0 Å². The minimum Gasteiger partial charge on any atom is -0.488 e. The van der Waals surface area contributed by atoms with Crippen LogP contribution >= 0.6 is 0 Å². The lowest BCUT2D eigenvalue weighted by atomic mass is 9.97. The lowest BCUT2D eigenvalue weighted by Gasteiger charge is -2.12. The number of hydrogen-bond donors (Lipinski definition) is 0. The van der Waals surface area contributed by atoms with Gasteiger partial charge in [-0.3, -0.25) is 0 Å². The van der Waals surface area contributed by atoms with Gasteiger partial charge in [-0.1, -0.05) is 60.2 Å². The highest BCUT2D eigenvalue weighted by Gasteiger charge is 2.09. The maximum absolute atomic E-state index is 9.34. The Bertz CT molecular complexity index is 892. The number of nitrogens with zero attached hydrogens (tertiary/aromatic N) is 1. The number of aryl methyl sites for hydroxylation is 2. The van der Waals surface area contributed by atoms with Crippen molar-refractivity contribution in [3.05, 3.63) is 89.0 Å². The smallest absolute Gasteiger partial charge is 0.138 e. The zero-order valence-electron chi connectivity index (χ0n) is 13.9. The topological polar surface area (TPSA) is 33.0 Å². The summed E-state index contributed by atoms with van der Waals surface area (Å²) in [6.07, 6.45) is 0. The molecule has 0 aliphatic rings. The molecule has 0 heterocycles. The average Bonchev–Trinajstić information content (AvgIpc) is 2.60. The van der Waals surface area contributed by atoms with Gasteiger partial charge in [-0.15, -0.1) is 0 Å². The van der Waals surface area contributed by atoms with Crippen molar-refractivity contribution in [2.75, 3.05) is 0 Å². The Morgan fingerprint density at radius 3 is 2.42 bits per heavy atom. The summed E-state index contributed by atoms with van der Waals surface area (Å²) >= 11 is 0. The molecule has 0 N–H and O–H groups in total. The first-order chi connectivity index (χ1) is 11.7. The van der Waals surface area contributed by atoms with Gasteiger partial charge < -0.3 is 4.74 Å². The molecular weight excluding hydrogens is 294 g/mol. The molecule has 118 valence electrons. The van der Waals surface area contributed by atoms with E-state index >= 15 is 0 Å². The van der Waals surface area contributed by atoms with E-state index < -0.39 is 0 Å². The first-order valence-corrected chi connectivity index (χ1v) is 7.96. The second-order valence-corrected chi connectivity index (χ2v) is 5.92. The molecule has 0 saturated carbocycles. The molecule has 3 aromatic carbocycles. The zero-order chi connectivity index (χ0) is 16.9. The van der Waals surface area contributed by atoms with E-state index in [0.29, 0.717) is 17.9 Å². The highest BCUT2D eigenvalue weighted by molar-refractivity contribution is 5.70. The minimum atomic E-state index is 0.450. The molecule has 2 nitrogen and oxygen atoms in total. The Balaban J connectivity index is 1.92. The normalized spacial score (nSPS) is 10.2. The molecule has 0 atom stereocenters. The van der Waals surface area contributed by atoms with Crippen molar-refractivity contribution in [1.29, 1.82) is 5.26 Å². The van der Waals surface area contributed by atoms with E-state index in [0.717, 1.165) is 16.7 Å². The molecule has 2 heteroatoms. The fourth-order valence-electron chi connectivity index (χ4n) is 2.77. The van der Waals surface area contributed by atoms with Crippen LogP contribution in [-0.2, 0) is 6.61 Å². The van der Waals surface area contributed by atoms with Crippen LogP contribution in [0.2, 0.25) is 0 Å². The Kier molecular flexibility index (Phi) is 4.63. The molecular formula is C22H19NO. The van der Waals surface area contributed by atoms with Crippen molar-refractivity contribution in [2.45, 2.75) is 20.5 Å². The maximum atomic E-state index is 9.34. The summed E-state index contributed by atoms with van der Waals surface area (Å²) in [7, 11) is 0. The SMILES string of the molecule is Cc1ccc(-c2ccc(C#N)c(OCc3ccccc3)c2)c(C)c1. The Hall–Kier alpha value is -3.05. The average molecular weight is 313 g/mol. The monoisotopic (exact) mass is 313 g/mol. The summed E-state index contributed by atoms with van der Waals surface area (Å²) in [5.41, 5.74) is 6.32. The molecule has 0 aromatic heterocycles. The summed E-state index contributed by atoms with van der Waals surface area (Å²) in [5.74, 6) is 0.624. The molecule has 3 rings (SSSR count). The highest BCUT2D eigenvalue weighted by atomic mass is 16.5. The van der Waals surface area contributed by atoms with Crippen LogP contribution in [0.4, 0.5) is 0 Å². The van der Waals surface area contributed by atoms with Gasteiger partial charge in [0.25, 0.3) is 0 Å². The molecule has 0 fully saturated rings. The van der Waals surface area contributed by atoms with Crippen LogP contribution in [0.3, 0.4) is 0 Å². The van der Waals surface area contributed by atoms with Gasteiger partial charge in [0.05, 0.1) is 5.56 Å². The standard InChI is InChI=1S/C22H19NO/c1-16-8-11-21(17(2)12-16)19-9-10-20(14-23)22(13-19)24-15-18-6-4-3-5-7-18/h3-13H,15H2,1-2H3. The number of benzene rings is 3. The lowest BCUT2D eigenvalue weighted by molar-refractivity contribution is 0.305. The van der Waals surface area contributed by atoms with Crippen LogP contribution in [0.5, 0.6) is 5.75 Å². The quantitative estimate of drug-likeness (QED) is 0.644. The van der Waals surface area contributed by atoms with E-state index in [2.05, 4.69) is 38.1 Å². The predicted molar refractivity (Wildman–Crippen MR) is 96.8 cm³/mol. The van der Waals surface area contributed by atoms with Crippen LogP contribution in [-0.4, -0.2) is 0 Å². The van der Waals surface area contributed by atoms with Gasteiger partial charge in [0.1, 0.15) is 18.4 Å². The van der Waals surface area contributed by atoms with E-state index in [1.807, 2.05) is 48.5 Å². The summed E-state index contributed by atoms with van der Waals surface area (Å²) in [5, 5.41) is 9.34. The van der Waals surface area contributed by atoms with Gasteiger partial charge in [-0.25, -0.2) is 0 Å². The van der Waals surface area contributed by atoms with Crippen molar-refractivity contribution in [3.8, 4) is 22.9 Å². The van der Waals surface area contributed by atoms with Gasteiger partial charge in [-0.2, -0.15) is 5.26 Å². The lowest BCUT2D eigenvalue weighted by Crippen LogP contribution is -1.97. The second-order valence-electron chi connectivity index (χ2n) is 5.92. The van der Waals surface area contributed by atoms with Gasteiger partial charge >= 0.3 is 0 Å². The van der Waals surface area contributed by atoms with Crippen LogP contribution in [0.15, 0.2) is 66.7 Å². The summed E-state index contributed by atoms with van der Waals surface area (Å²) < 4.78 is 5.92. The fourth-order valence-corrected chi connectivity index (χ4v) is 2.77. The summed E-state index contributed by atoms with van der Waals surface area (Å²) in [4.78, 5) is 0. The number of rotatable bonds is 4. The minimum absolute atomic E-state index is 0.450. The number of hydrogen-bond acceptors (Lipinski definition) is 2. The molecule has 0 aliphatic carbocycles. The first kappa shape index (κ1) is 15.8. The largest absolute Gasteiger partial charge is 0.488 e. The maximum Gasteiger partial charge on any atom is 0.138 e. The molecule has 0 radical (unpaired) electrons. The van der Waals surface area contributed by atoms with Crippen molar-refractivity contribution < 1.29 is 4.74 Å². The van der Waals surface area contributed by atoms with Crippen LogP contribution in [0, 0.1) is 25.2 Å². The molecule has 0 aliphatic heterocycles. The predicted octanol–water partition coefficient (Wildman–Crippen LogP) is 5.42. The Morgan fingerprint density at radius 2 is 1.71 bits per heavy atom. The van der Waals surface area contributed by atoms with Crippen LogP contribution < -0.4 is 4.74 Å². The number of ether oxygens (including phenoxy) is 1. The van der Waals surface area contributed by atoms with E-state index in [1.54, 1.807) is 0 Å². The zero-order valence-corrected chi connectivity index (χ0v) is 13.9. The van der Waals surface area contributed by atoms with Crippen LogP contribution in [0.1, 0.15) is 22.3 Å². The third-order valence-electron chi connectivity index (χ3n) is 4.03. The van der Waals surface area contributed by atoms with Gasteiger partial charge in [0.15, 0.2) is 0 Å². The molecule has 3 aromatic rings. The third kappa shape index (κ3) is 3.47.